The Bertz CT molecular complexity index is 612. The molecule has 0 aliphatic carbocycles. The molecule has 1 N–H and O–H groups in total. The smallest absolute Gasteiger partial charge is 0.405 e. The van der Waals surface area contributed by atoms with Crippen molar-refractivity contribution >= 4 is 5.91 Å². The zero-order valence-corrected chi connectivity index (χ0v) is 10.9. The molecule has 2 rings (SSSR count). The van der Waals surface area contributed by atoms with Gasteiger partial charge < -0.3 is 10.1 Å². The fraction of sp³-hybridized carbons (Fsp3) is 0.133. The maximum atomic E-state index is 12.1. The van der Waals surface area contributed by atoms with Crippen molar-refractivity contribution in [3.05, 3.63) is 60.2 Å². The van der Waals surface area contributed by atoms with Crippen molar-refractivity contribution in [1.29, 1.82) is 0 Å². The van der Waals surface area contributed by atoms with Gasteiger partial charge in [0.25, 0.3) is 5.91 Å². The van der Waals surface area contributed by atoms with Crippen LogP contribution in [-0.4, -0.2) is 18.6 Å². The quantitative estimate of drug-likeness (QED) is 0.932. The number of alkyl halides is 3. The summed E-state index contributed by atoms with van der Waals surface area (Å²) in [6, 6.07) is 14.8. The van der Waals surface area contributed by atoms with Gasteiger partial charge in [-0.2, -0.15) is 13.2 Å². The first-order valence-corrected chi connectivity index (χ1v) is 6.12. The third kappa shape index (κ3) is 4.83. The normalized spacial score (nSPS) is 11.0. The second kappa shape index (κ2) is 6.30. The SMILES string of the molecule is O=C(NCC(F)(F)F)c1cccc(Oc2ccccc2)c1. The van der Waals surface area contributed by atoms with E-state index in [0.29, 0.717) is 11.5 Å². The van der Waals surface area contributed by atoms with E-state index in [1.165, 1.54) is 12.1 Å². The Kier molecular flexibility index (Phi) is 4.47. The second-order valence-electron chi connectivity index (χ2n) is 4.24. The Hall–Kier alpha value is -2.50. The molecule has 0 radical (unpaired) electrons. The van der Waals surface area contributed by atoms with Gasteiger partial charge in [-0.3, -0.25) is 4.79 Å². The summed E-state index contributed by atoms with van der Waals surface area (Å²) < 4.78 is 41.7. The number of hydrogen-bond acceptors (Lipinski definition) is 2. The molecule has 0 saturated heterocycles. The number of carbonyl (C=O) groups excluding carboxylic acids is 1. The van der Waals surface area contributed by atoms with Crippen molar-refractivity contribution < 1.29 is 22.7 Å². The molecule has 6 heteroatoms. The summed E-state index contributed by atoms with van der Waals surface area (Å²) in [7, 11) is 0. The van der Waals surface area contributed by atoms with E-state index in [2.05, 4.69) is 0 Å². The Balaban J connectivity index is 2.05. The molecule has 0 unspecified atom stereocenters. The summed E-state index contributed by atoms with van der Waals surface area (Å²) in [6.45, 7) is -1.37. The first-order chi connectivity index (χ1) is 9.94. The largest absolute Gasteiger partial charge is 0.457 e. The molecule has 21 heavy (non-hydrogen) atoms. The highest BCUT2D eigenvalue weighted by molar-refractivity contribution is 5.94. The van der Waals surface area contributed by atoms with Crippen LogP contribution < -0.4 is 10.1 Å². The predicted octanol–water partition coefficient (Wildman–Crippen LogP) is 3.77. The van der Waals surface area contributed by atoms with Crippen LogP contribution in [0.25, 0.3) is 0 Å². The van der Waals surface area contributed by atoms with Crippen LogP contribution in [0.5, 0.6) is 11.5 Å². The average molecular weight is 295 g/mol. The molecule has 0 bridgehead atoms. The monoisotopic (exact) mass is 295 g/mol. The topological polar surface area (TPSA) is 38.3 Å². The van der Waals surface area contributed by atoms with Crippen LogP contribution in [0.2, 0.25) is 0 Å². The number of benzene rings is 2. The number of ether oxygens (including phenoxy) is 1. The maximum Gasteiger partial charge on any atom is 0.405 e. The first kappa shape index (κ1) is 14.9. The molecular formula is C15H12F3NO2. The van der Waals surface area contributed by atoms with Crippen molar-refractivity contribution in [3.63, 3.8) is 0 Å². The van der Waals surface area contributed by atoms with E-state index in [4.69, 9.17) is 4.74 Å². The van der Waals surface area contributed by atoms with Gasteiger partial charge in [0.15, 0.2) is 0 Å². The highest BCUT2D eigenvalue weighted by Crippen LogP contribution is 2.22. The van der Waals surface area contributed by atoms with Crippen LogP contribution in [0, 0.1) is 0 Å². The molecule has 0 fully saturated rings. The van der Waals surface area contributed by atoms with E-state index in [1.807, 2.05) is 11.4 Å². The van der Waals surface area contributed by atoms with Crippen molar-refractivity contribution in [2.45, 2.75) is 6.18 Å². The molecule has 2 aromatic carbocycles. The van der Waals surface area contributed by atoms with Gasteiger partial charge in [0.1, 0.15) is 18.0 Å². The van der Waals surface area contributed by atoms with Crippen LogP contribution in [-0.2, 0) is 0 Å². The number of halogens is 3. The van der Waals surface area contributed by atoms with E-state index in [1.54, 1.807) is 36.4 Å². The molecule has 110 valence electrons. The number of amides is 1. The minimum atomic E-state index is -4.44. The molecule has 2 aromatic rings. The zero-order valence-electron chi connectivity index (χ0n) is 10.9. The summed E-state index contributed by atoms with van der Waals surface area (Å²) in [5.74, 6) is 0.150. The number of hydrogen-bond donors (Lipinski definition) is 1. The number of nitrogens with one attached hydrogen (secondary N) is 1. The molecule has 3 nitrogen and oxygen atoms in total. The van der Waals surface area contributed by atoms with Gasteiger partial charge in [-0.1, -0.05) is 24.3 Å². The molecular weight excluding hydrogens is 283 g/mol. The fourth-order valence-electron chi connectivity index (χ4n) is 1.61. The van der Waals surface area contributed by atoms with Crippen molar-refractivity contribution in [2.75, 3.05) is 6.54 Å². The van der Waals surface area contributed by atoms with Crippen molar-refractivity contribution in [2.24, 2.45) is 0 Å². The van der Waals surface area contributed by atoms with Crippen LogP contribution in [0.15, 0.2) is 54.6 Å². The third-order valence-corrected chi connectivity index (χ3v) is 2.52. The number of carbonyl (C=O) groups is 1. The molecule has 0 aliphatic heterocycles. The average Bonchev–Trinajstić information content (AvgIpc) is 2.45. The van der Waals surface area contributed by atoms with Crippen LogP contribution >= 0.6 is 0 Å². The van der Waals surface area contributed by atoms with Gasteiger partial charge in [-0.25, -0.2) is 0 Å². The molecule has 1 amide bonds. The Morgan fingerprint density at radius 2 is 1.67 bits per heavy atom. The summed E-state index contributed by atoms with van der Waals surface area (Å²) in [5, 5.41) is 1.81. The van der Waals surface area contributed by atoms with E-state index < -0.39 is 18.6 Å². The lowest BCUT2D eigenvalue weighted by atomic mass is 10.2. The minimum Gasteiger partial charge on any atom is -0.457 e. The fourth-order valence-corrected chi connectivity index (χ4v) is 1.61. The standard InChI is InChI=1S/C15H12F3NO2/c16-15(17,18)10-19-14(20)11-5-4-8-13(9-11)21-12-6-2-1-3-7-12/h1-9H,10H2,(H,19,20). The first-order valence-electron chi connectivity index (χ1n) is 6.12. The zero-order chi connectivity index (χ0) is 15.3. The lowest BCUT2D eigenvalue weighted by Gasteiger charge is -2.10. The molecule has 0 aromatic heterocycles. The van der Waals surface area contributed by atoms with Gasteiger partial charge in [0.05, 0.1) is 0 Å². The summed E-state index contributed by atoms with van der Waals surface area (Å²) in [4.78, 5) is 11.6. The summed E-state index contributed by atoms with van der Waals surface area (Å²) in [6.07, 6.45) is -4.44. The molecule has 0 saturated carbocycles. The predicted molar refractivity (Wildman–Crippen MR) is 71.3 cm³/mol. The second-order valence-corrected chi connectivity index (χ2v) is 4.24. The number of rotatable bonds is 4. The third-order valence-electron chi connectivity index (χ3n) is 2.52. The van der Waals surface area contributed by atoms with Crippen molar-refractivity contribution in [3.8, 4) is 11.5 Å². The Morgan fingerprint density at radius 3 is 2.33 bits per heavy atom. The minimum absolute atomic E-state index is 0.104. The van der Waals surface area contributed by atoms with Crippen molar-refractivity contribution in [1.82, 2.24) is 5.32 Å². The van der Waals surface area contributed by atoms with E-state index >= 15 is 0 Å². The maximum absolute atomic E-state index is 12.1. The lowest BCUT2D eigenvalue weighted by molar-refractivity contribution is -0.123. The highest BCUT2D eigenvalue weighted by Gasteiger charge is 2.27. The van der Waals surface area contributed by atoms with E-state index in [9.17, 15) is 18.0 Å². The summed E-state index contributed by atoms with van der Waals surface area (Å²) >= 11 is 0. The Labute approximate surface area is 119 Å². The highest BCUT2D eigenvalue weighted by atomic mass is 19.4. The number of para-hydroxylation sites is 1. The lowest BCUT2D eigenvalue weighted by Crippen LogP contribution is -2.33. The van der Waals surface area contributed by atoms with E-state index in [-0.39, 0.29) is 5.56 Å². The van der Waals surface area contributed by atoms with Gasteiger partial charge in [-0.15, -0.1) is 0 Å². The molecule has 0 aliphatic rings. The van der Waals surface area contributed by atoms with Crippen LogP contribution in [0.4, 0.5) is 13.2 Å². The van der Waals surface area contributed by atoms with Gasteiger partial charge in [0, 0.05) is 5.56 Å². The summed E-state index contributed by atoms with van der Waals surface area (Å²) in [5.41, 5.74) is 0.104. The molecule has 0 spiro atoms. The van der Waals surface area contributed by atoms with Crippen LogP contribution in [0.1, 0.15) is 10.4 Å². The van der Waals surface area contributed by atoms with Gasteiger partial charge in [-0.05, 0) is 30.3 Å². The molecule has 0 atom stereocenters. The van der Waals surface area contributed by atoms with Gasteiger partial charge >= 0.3 is 6.18 Å². The molecule has 0 heterocycles. The van der Waals surface area contributed by atoms with E-state index in [0.717, 1.165) is 0 Å². The Morgan fingerprint density at radius 1 is 1.00 bits per heavy atom. The van der Waals surface area contributed by atoms with Gasteiger partial charge in [0.2, 0.25) is 0 Å². The van der Waals surface area contributed by atoms with Crippen LogP contribution in [0.3, 0.4) is 0 Å².